The van der Waals surface area contributed by atoms with Gasteiger partial charge in [0.05, 0.1) is 5.69 Å². The summed E-state index contributed by atoms with van der Waals surface area (Å²) in [6.45, 7) is 1.76. The van der Waals surface area contributed by atoms with Crippen LogP contribution in [-0.4, -0.2) is 15.7 Å². The number of nitrogens with one attached hydrogen (secondary N) is 1. The summed E-state index contributed by atoms with van der Waals surface area (Å²) in [5.41, 5.74) is 3.45. The Kier molecular flexibility index (Phi) is 5.96. The standard InChI is InChI=1S/C25H20ClN3O2/c1-17-15-23(30)24(28-29(17)21-13-11-20(26)12-14-21)25(31)27-22-10-6-5-9-19(22)16-18-7-3-2-4-8-18/h2-15H,16H2,1H3,(H,27,31). The van der Waals surface area contributed by atoms with Crippen LogP contribution in [0.3, 0.4) is 0 Å². The molecule has 0 atom stereocenters. The van der Waals surface area contributed by atoms with Gasteiger partial charge >= 0.3 is 0 Å². The molecule has 0 spiro atoms. The molecule has 0 bridgehead atoms. The molecule has 6 heteroatoms. The first-order valence-electron chi connectivity index (χ1n) is 9.81. The average Bonchev–Trinajstić information content (AvgIpc) is 2.77. The van der Waals surface area contributed by atoms with Crippen LogP contribution < -0.4 is 10.7 Å². The van der Waals surface area contributed by atoms with Crippen LogP contribution in [0.2, 0.25) is 5.02 Å². The number of amides is 1. The first kappa shape index (κ1) is 20.6. The van der Waals surface area contributed by atoms with Crippen molar-refractivity contribution in [1.29, 1.82) is 0 Å². The molecule has 0 aliphatic heterocycles. The lowest BCUT2D eigenvalue weighted by Crippen LogP contribution is -2.27. The summed E-state index contributed by atoms with van der Waals surface area (Å²) >= 11 is 5.97. The molecule has 0 aliphatic rings. The number of para-hydroxylation sites is 1. The largest absolute Gasteiger partial charge is 0.320 e. The summed E-state index contributed by atoms with van der Waals surface area (Å²) in [6.07, 6.45) is 0.660. The SMILES string of the molecule is Cc1cc(=O)c(C(=O)Nc2ccccc2Cc2ccccc2)nn1-c1ccc(Cl)cc1. The predicted molar refractivity (Wildman–Crippen MR) is 123 cm³/mol. The fraction of sp³-hybridized carbons (Fsp3) is 0.0800. The highest BCUT2D eigenvalue weighted by atomic mass is 35.5. The van der Waals surface area contributed by atoms with Crippen LogP contribution in [0.4, 0.5) is 5.69 Å². The highest BCUT2D eigenvalue weighted by molar-refractivity contribution is 6.30. The second kappa shape index (κ2) is 8.98. The van der Waals surface area contributed by atoms with E-state index in [4.69, 9.17) is 11.6 Å². The van der Waals surface area contributed by atoms with Crippen molar-refractivity contribution < 1.29 is 4.79 Å². The van der Waals surface area contributed by atoms with Gasteiger partial charge in [-0.3, -0.25) is 9.59 Å². The number of anilines is 1. The van der Waals surface area contributed by atoms with Gasteiger partial charge < -0.3 is 5.32 Å². The van der Waals surface area contributed by atoms with Gasteiger partial charge in [0.15, 0.2) is 5.69 Å². The number of rotatable bonds is 5. The van der Waals surface area contributed by atoms with Gasteiger partial charge in [-0.1, -0.05) is 60.1 Å². The van der Waals surface area contributed by atoms with Gasteiger partial charge in [0.25, 0.3) is 5.91 Å². The lowest BCUT2D eigenvalue weighted by atomic mass is 10.0. The van der Waals surface area contributed by atoms with Gasteiger partial charge in [0.2, 0.25) is 5.43 Å². The molecule has 3 aromatic carbocycles. The maximum absolute atomic E-state index is 13.0. The van der Waals surface area contributed by atoms with Crippen LogP contribution in [0.25, 0.3) is 5.69 Å². The van der Waals surface area contributed by atoms with Crippen molar-refractivity contribution in [2.45, 2.75) is 13.3 Å². The third-order valence-corrected chi connectivity index (χ3v) is 5.15. The van der Waals surface area contributed by atoms with Crippen LogP contribution in [-0.2, 0) is 6.42 Å². The molecule has 0 fully saturated rings. The lowest BCUT2D eigenvalue weighted by molar-refractivity contribution is 0.101. The molecule has 1 aromatic heterocycles. The minimum absolute atomic E-state index is 0.171. The van der Waals surface area contributed by atoms with E-state index in [1.807, 2.05) is 54.6 Å². The summed E-state index contributed by atoms with van der Waals surface area (Å²) in [5, 5.41) is 7.78. The van der Waals surface area contributed by atoms with Crippen molar-refractivity contribution in [2.24, 2.45) is 0 Å². The molecule has 0 aliphatic carbocycles. The molecule has 4 aromatic rings. The summed E-state index contributed by atoms with van der Waals surface area (Å²) in [5.74, 6) is -0.548. The number of aromatic nitrogens is 2. The normalized spacial score (nSPS) is 10.6. The van der Waals surface area contributed by atoms with Crippen LogP contribution in [0.15, 0.2) is 89.7 Å². The highest BCUT2D eigenvalue weighted by Crippen LogP contribution is 2.20. The van der Waals surface area contributed by atoms with E-state index in [0.29, 0.717) is 28.5 Å². The van der Waals surface area contributed by atoms with Gasteiger partial charge in [-0.25, -0.2) is 4.68 Å². The van der Waals surface area contributed by atoms with Crippen molar-refractivity contribution in [2.75, 3.05) is 5.32 Å². The Morgan fingerprint density at radius 2 is 1.65 bits per heavy atom. The smallest absolute Gasteiger partial charge is 0.280 e. The van der Waals surface area contributed by atoms with E-state index in [1.54, 1.807) is 35.9 Å². The van der Waals surface area contributed by atoms with E-state index in [0.717, 1.165) is 11.1 Å². The van der Waals surface area contributed by atoms with Crippen LogP contribution in [0.5, 0.6) is 0 Å². The van der Waals surface area contributed by atoms with E-state index < -0.39 is 11.3 Å². The molecule has 0 radical (unpaired) electrons. The van der Waals surface area contributed by atoms with Gasteiger partial charge in [-0.15, -0.1) is 0 Å². The van der Waals surface area contributed by atoms with Gasteiger partial charge in [0, 0.05) is 22.5 Å². The van der Waals surface area contributed by atoms with Crippen LogP contribution in [0.1, 0.15) is 27.3 Å². The summed E-state index contributed by atoms with van der Waals surface area (Å²) in [4.78, 5) is 25.5. The van der Waals surface area contributed by atoms with Crippen molar-refractivity contribution in [1.82, 2.24) is 9.78 Å². The Hall–Kier alpha value is -3.70. The summed E-state index contributed by atoms with van der Waals surface area (Å²) in [7, 11) is 0. The monoisotopic (exact) mass is 429 g/mol. The topological polar surface area (TPSA) is 64.0 Å². The third-order valence-electron chi connectivity index (χ3n) is 4.90. The second-order valence-electron chi connectivity index (χ2n) is 7.16. The summed E-state index contributed by atoms with van der Waals surface area (Å²) < 4.78 is 1.56. The van der Waals surface area contributed by atoms with Gasteiger partial charge in [0.1, 0.15) is 0 Å². The number of carbonyl (C=O) groups excluding carboxylic acids is 1. The van der Waals surface area contributed by atoms with Crippen molar-refractivity contribution in [3.8, 4) is 5.69 Å². The van der Waals surface area contributed by atoms with Crippen LogP contribution in [0, 0.1) is 6.92 Å². The fourth-order valence-corrected chi connectivity index (χ4v) is 3.47. The number of aryl methyl sites for hydroxylation is 1. The maximum Gasteiger partial charge on any atom is 0.280 e. The molecule has 1 amide bonds. The van der Waals surface area contributed by atoms with E-state index in [1.165, 1.54) is 6.07 Å². The Labute approximate surface area is 184 Å². The number of halogens is 1. The second-order valence-corrected chi connectivity index (χ2v) is 7.60. The molecule has 0 unspecified atom stereocenters. The molecule has 1 heterocycles. The first-order chi connectivity index (χ1) is 15.0. The quantitative estimate of drug-likeness (QED) is 0.483. The Morgan fingerprint density at radius 1 is 0.968 bits per heavy atom. The van der Waals surface area contributed by atoms with E-state index in [9.17, 15) is 9.59 Å². The van der Waals surface area contributed by atoms with Gasteiger partial charge in [-0.05, 0) is 54.8 Å². The van der Waals surface area contributed by atoms with Crippen molar-refractivity contribution in [3.05, 3.63) is 123 Å². The van der Waals surface area contributed by atoms with Gasteiger partial charge in [-0.2, -0.15) is 5.10 Å². The molecular formula is C25H20ClN3O2. The Morgan fingerprint density at radius 3 is 2.39 bits per heavy atom. The zero-order chi connectivity index (χ0) is 21.8. The molecule has 0 saturated heterocycles. The number of hydrogen-bond acceptors (Lipinski definition) is 3. The van der Waals surface area contributed by atoms with E-state index >= 15 is 0 Å². The zero-order valence-electron chi connectivity index (χ0n) is 16.9. The minimum atomic E-state index is -0.548. The Balaban J connectivity index is 1.65. The van der Waals surface area contributed by atoms with Crippen molar-refractivity contribution >= 4 is 23.2 Å². The number of nitrogens with zero attached hydrogens (tertiary/aromatic N) is 2. The zero-order valence-corrected chi connectivity index (χ0v) is 17.6. The molecule has 1 N–H and O–H groups in total. The molecular weight excluding hydrogens is 410 g/mol. The molecule has 31 heavy (non-hydrogen) atoms. The highest BCUT2D eigenvalue weighted by Gasteiger charge is 2.17. The van der Waals surface area contributed by atoms with E-state index in [2.05, 4.69) is 10.4 Å². The number of carbonyl (C=O) groups is 1. The molecule has 154 valence electrons. The summed E-state index contributed by atoms with van der Waals surface area (Å²) in [6, 6.07) is 26.0. The fourth-order valence-electron chi connectivity index (χ4n) is 3.34. The lowest BCUT2D eigenvalue weighted by Gasteiger charge is -2.13. The van der Waals surface area contributed by atoms with Crippen molar-refractivity contribution in [3.63, 3.8) is 0 Å². The molecule has 0 saturated carbocycles. The van der Waals surface area contributed by atoms with Crippen LogP contribution >= 0.6 is 11.6 Å². The van der Waals surface area contributed by atoms with E-state index in [-0.39, 0.29) is 5.69 Å². The number of benzene rings is 3. The molecule has 5 nitrogen and oxygen atoms in total. The molecule has 4 rings (SSSR count). The third kappa shape index (κ3) is 4.73. The minimum Gasteiger partial charge on any atom is -0.320 e. The predicted octanol–water partition coefficient (Wildman–Crippen LogP) is 5.04. The number of hydrogen-bond donors (Lipinski definition) is 1. The average molecular weight is 430 g/mol. The first-order valence-corrected chi connectivity index (χ1v) is 10.2. The Bertz CT molecular complexity index is 1280. The maximum atomic E-state index is 13.0.